The van der Waals surface area contributed by atoms with Crippen LogP contribution in [0, 0.1) is 0 Å². The molecule has 0 bridgehead atoms. The topological polar surface area (TPSA) is 94.1 Å². The van der Waals surface area contributed by atoms with Crippen molar-refractivity contribution in [1.82, 2.24) is 5.32 Å². The molecule has 0 aliphatic carbocycles. The van der Waals surface area contributed by atoms with Crippen molar-refractivity contribution in [2.75, 3.05) is 20.5 Å². The van der Waals surface area contributed by atoms with Crippen LogP contribution in [-0.2, 0) is 9.53 Å². The number of aliphatic carboxylic acids is 1. The minimum Gasteiger partial charge on any atom is -0.480 e. The van der Waals surface area contributed by atoms with Gasteiger partial charge in [0.1, 0.15) is 6.04 Å². The van der Waals surface area contributed by atoms with Gasteiger partial charge in [-0.15, -0.1) is 0 Å². The first-order chi connectivity index (χ1) is 10.0. The molecule has 0 saturated heterocycles. The molecule has 8 heteroatoms. The van der Waals surface area contributed by atoms with E-state index >= 15 is 0 Å². The van der Waals surface area contributed by atoms with Gasteiger partial charge in [0.2, 0.25) is 6.79 Å². The van der Waals surface area contributed by atoms with Crippen LogP contribution in [0.25, 0.3) is 0 Å². The Morgan fingerprint density at radius 2 is 2.24 bits per heavy atom. The van der Waals surface area contributed by atoms with E-state index in [4.69, 9.17) is 30.9 Å². The lowest BCUT2D eigenvalue weighted by molar-refractivity contribution is -0.139. The van der Waals surface area contributed by atoms with Crippen LogP contribution in [0.4, 0.5) is 0 Å². The number of methoxy groups -OCH3 is 1. The zero-order chi connectivity index (χ0) is 15.4. The molecule has 0 fully saturated rings. The Bertz CT molecular complexity index is 562. The van der Waals surface area contributed by atoms with Crippen LogP contribution in [0.5, 0.6) is 11.5 Å². The molecule has 114 valence electrons. The molecule has 1 aliphatic heterocycles. The van der Waals surface area contributed by atoms with E-state index in [1.165, 1.54) is 19.2 Å². The highest BCUT2D eigenvalue weighted by Gasteiger charge is 2.24. The minimum absolute atomic E-state index is 0.0334. The molecule has 0 aromatic heterocycles. The first kappa shape index (κ1) is 15.4. The van der Waals surface area contributed by atoms with Crippen molar-refractivity contribution >= 4 is 23.5 Å². The highest BCUT2D eigenvalue weighted by atomic mass is 35.5. The van der Waals surface area contributed by atoms with Crippen molar-refractivity contribution in [3.63, 3.8) is 0 Å². The summed E-state index contributed by atoms with van der Waals surface area (Å²) in [6.45, 7) is 0.255. The van der Waals surface area contributed by atoms with Gasteiger partial charge < -0.3 is 24.6 Å². The number of hydrogen-bond acceptors (Lipinski definition) is 5. The third-order valence-corrected chi connectivity index (χ3v) is 3.18. The quantitative estimate of drug-likeness (QED) is 0.821. The number of halogens is 1. The summed E-state index contributed by atoms with van der Waals surface area (Å²) >= 11 is 5.98. The summed E-state index contributed by atoms with van der Waals surface area (Å²) in [5, 5.41) is 11.7. The smallest absolute Gasteiger partial charge is 0.326 e. The lowest BCUT2D eigenvalue weighted by Gasteiger charge is -2.14. The van der Waals surface area contributed by atoms with E-state index in [0.29, 0.717) is 11.5 Å². The molecular formula is C13H14ClNO6. The third-order valence-electron chi connectivity index (χ3n) is 2.90. The number of carboxylic acid groups (broad SMARTS) is 1. The van der Waals surface area contributed by atoms with Gasteiger partial charge in [-0.1, -0.05) is 11.6 Å². The lowest BCUT2D eigenvalue weighted by atomic mass is 10.1. The van der Waals surface area contributed by atoms with E-state index in [1.54, 1.807) is 0 Å². The fourth-order valence-corrected chi connectivity index (χ4v) is 2.10. The zero-order valence-corrected chi connectivity index (χ0v) is 12.0. The molecular weight excluding hydrogens is 302 g/mol. The zero-order valence-electron chi connectivity index (χ0n) is 11.2. The normalized spacial score (nSPS) is 13.8. The number of rotatable bonds is 6. The van der Waals surface area contributed by atoms with E-state index in [0.717, 1.165) is 0 Å². The average Bonchev–Trinajstić information content (AvgIpc) is 2.91. The van der Waals surface area contributed by atoms with Crippen molar-refractivity contribution in [3.05, 3.63) is 22.7 Å². The van der Waals surface area contributed by atoms with Gasteiger partial charge in [-0.25, -0.2) is 4.79 Å². The number of carbonyl (C=O) groups excluding carboxylic acids is 1. The summed E-state index contributed by atoms with van der Waals surface area (Å²) in [4.78, 5) is 23.2. The molecule has 1 heterocycles. The van der Waals surface area contributed by atoms with Gasteiger partial charge in [-0.3, -0.25) is 4.79 Å². The summed E-state index contributed by atoms with van der Waals surface area (Å²) < 4.78 is 15.1. The van der Waals surface area contributed by atoms with E-state index in [2.05, 4.69) is 5.32 Å². The molecule has 21 heavy (non-hydrogen) atoms. The van der Waals surface area contributed by atoms with Crippen molar-refractivity contribution in [2.45, 2.75) is 12.5 Å². The number of hydrogen-bond donors (Lipinski definition) is 2. The van der Waals surface area contributed by atoms with E-state index in [1.807, 2.05) is 0 Å². The SMILES string of the molecule is COCC[C@H](NC(=O)c1cc(Cl)c2c(c1)OCO2)C(=O)O. The van der Waals surface area contributed by atoms with Crippen molar-refractivity contribution in [1.29, 1.82) is 0 Å². The predicted molar refractivity (Wildman–Crippen MR) is 73.0 cm³/mol. The van der Waals surface area contributed by atoms with Gasteiger partial charge in [-0.05, 0) is 12.1 Å². The number of amides is 1. The van der Waals surface area contributed by atoms with Gasteiger partial charge in [0.25, 0.3) is 5.91 Å². The molecule has 1 aromatic rings. The largest absolute Gasteiger partial charge is 0.480 e. The first-order valence-corrected chi connectivity index (χ1v) is 6.52. The molecule has 1 atom stereocenters. The van der Waals surface area contributed by atoms with Gasteiger partial charge >= 0.3 is 5.97 Å². The van der Waals surface area contributed by atoms with E-state index in [9.17, 15) is 9.59 Å². The molecule has 2 N–H and O–H groups in total. The maximum absolute atomic E-state index is 12.1. The number of carbonyl (C=O) groups is 2. The first-order valence-electron chi connectivity index (χ1n) is 6.14. The molecule has 0 unspecified atom stereocenters. The molecule has 0 spiro atoms. The number of benzene rings is 1. The van der Waals surface area contributed by atoms with Crippen LogP contribution in [0.1, 0.15) is 16.8 Å². The maximum Gasteiger partial charge on any atom is 0.326 e. The fourth-order valence-electron chi connectivity index (χ4n) is 1.83. The summed E-state index contributed by atoms with van der Waals surface area (Å²) in [7, 11) is 1.46. The molecule has 1 aromatic carbocycles. The number of carboxylic acids is 1. The summed E-state index contributed by atoms with van der Waals surface area (Å²) in [5.41, 5.74) is 0.202. The van der Waals surface area contributed by atoms with Gasteiger partial charge in [0.15, 0.2) is 11.5 Å². The summed E-state index contributed by atoms with van der Waals surface area (Å²) in [5.74, 6) is -0.954. The predicted octanol–water partition coefficient (Wildman–Crippen LogP) is 1.29. The van der Waals surface area contributed by atoms with Crippen LogP contribution in [0.2, 0.25) is 5.02 Å². The van der Waals surface area contributed by atoms with Gasteiger partial charge in [0.05, 0.1) is 5.02 Å². The Morgan fingerprint density at radius 1 is 1.48 bits per heavy atom. The monoisotopic (exact) mass is 315 g/mol. The van der Waals surface area contributed by atoms with Gasteiger partial charge in [0, 0.05) is 25.7 Å². The lowest BCUT2D eigenvalue weighted by Crippen LogP contribution is -2.41. The molecule has 0 radical (unpaired) electrons. The summed E-state index contributed by atoms with van der Waals surface area (Å²) in [6.07, 6.45) is 0.163. The highest BCUT2D eigenvalue weighted by Crippen LogP contribution is 2.39. The molecule has 1 aliphatic rings. The molecule has 0 saturated carbocycles. The van der Waals surface area contributed by atoms with Crippen molar-refractivity contribution in [2.24, 2.45) is 0 Å². The fraction of sp³-hybridized carbons (Fsp3) is 0.385. The number of fused-ring (bicyclic) bond motifs is 1. The highest BCUT2D eigenvalue weighted by molar-refractivity contribution is 6.32. The second-order valence-electron chi connectivity index (χ2n) is 4.34. The Balaban J connectivity index is 2.12. The van der Waals surface area contributed by atoms with Crippen LogP contribution in [0.3, 0.4) is 0 Å². The minimum atomic E-state index is -1.13. The van der Waals surface area contributed by atoms with E-state index < -0.39 is 17.9 Å². The van der Waals surface area contributed by atoms with Crippen LogP contribution < -0.4 is 14.8 Å². The average molecular weight is 316 g/mol. The Labute approximate surface area is 125 Å². The van der Waals surface area contributed by atoms with Crippen LogP contribution in [-0.4, -0.2) is 43.5 Å². The summed E-state index contributed by atoms with van der Waals surface area (Å²) in [6, 6.07) is 1.82. The van der Waals surface area contributed by atoms with Crippen LogP contribution in [0.15, 0.2) is 12.1 Å². The van der Waals surface area contributed by atoms with Crippen molar-refractivity contribution in [3.8, 4) is 11.5 Å². The second-order valence-corrected chi connectivity index (χ2v) is 4.74. The second kappa shape index (κ2) is 6.64. The number of ether oxygens (including phenoxy) is 3. The standard InChI is InChI=1S/C13H14ClNO6/c1-19-3-2-9(13(17)18)15-12(16)7-4-8(14)11-10(5-7)20-6-21-11/h4-5,9H,2-3,6H2,1H3,(H,15,16)(H,17,18)/t9-/m0/s1. The maximum atomic E-state index is 12.1. The Morgan fingerprint density at radius 3 is 2.90 bits per heavy atom. The molecule has 7 nitrogen and oxygen atoms in total. The van der Waals surface area contributed by atoms with Crippen molar-refractivity contribution < 1.29 is 28.9 Å². The van der Waals surface area contributed by atoms with E-state index in [-0.39, 0.29) is 30.4 Å². The van der Waals surface area contributed by atoms with Crippen LogP contribution >= 0.6 is 11.6 Å². The Kier molecular flexibility index (Phi) is 4.87. The molecule has 2 rings (SSSR count). The van der Waals surface area contributed by atoms with Gasteiger partial charge in [-0.2, -0.15) is 0 Å². The Hall–Kier alpha value is -1.99. The number of nitrogens with one attached hydrogen (secondary N) is 1. The molecule has 1 amide bonds. The third kappa shape index (κ3) is 3.56.